The predicted molar refractivity (Wildman–Crippen MR) is 68.5 cm³/mol. The van der Waals surface area contributed by atoms with Crippen molar-refractivity contribution in [2.24, 2.45) is 5.73 Å². The Morgan fingerprint density at radius 1 is 1.47 bits per heavy atom. The molecule has 1 fully saturated rings. The van der Waals surface area contributed by atoms with Gasteiger partial charge in [0, 0.05) is 19.7 Å². The molecule has 0 spiro atoms. The van der Waals surface area contributed by atoms with Gasteiger partial charge in [0.15, 0.2) is 0 Å². The lowest BCUT2D eigenvalue weighted by atomic mass is 10.2. The molecular weight excluding hydrogens is 271 g/mol. The SMILES string of the molecule is NCc1ccc(F)cc1S(=O)(=O)NCC1CCCO1. The molecule has 0 amide bonds. The van der Waals surface area contributed by atoms with Gasteiger partial charge in [-0.25, -0.2) is 17.5 Å². The highest BCUT2D eigenvalue weighted by atomic mass is 32.2. The first-order valence-electron chi connectivity index (χ1n) is 6.12. The van der Waals surface area contributed by atoms with Crippen LogP contribution in [0.5, 0.6) is 0 Å². The minimum absolute atomic E-state index is 0.0381. The Labute approximate surface area is 112 Å². The van der Waals surface area contributed by atoms with Gasteiger partial charge in [0.1, 0.15) is 5.82 Å². The maximum Gasteiger partial charge on any atom is 0.241 e. The fourth-order valence-electron chi connectivity index (χ4n) is 2.03. The molecule has 5 nitrogen and oxygen atoms in total. The summed E-state index contributed by atoms with van der Waals surface area (Å²) in [5.74, 6) is -0.602. The summed E-state index contributed by atoms with van der Waals surface area (Å²) in [6, 6.07) is 3.57. The largest absolute Gasteiger partial charge is 0.377 e. The van der Waals surface area contributed by atoms with Crippen LogP contribution in [-0.2, 0) is 21.3 Å². The molecule has 0 bridgehead atoms. The minimum Gasteiger partial charge on any atom is -0.377 e. The van der Waals surface area contributed by atoms with Crippen molar-refractivity contribution < 1.29 is 17.5 Å². The monoisotopic (exact) mass is 288 g/mol. The Morgan fingerprint density at radius 2 is 2.26 bits per heavy atom. The van der Waals surface area contributed by atoms with Gasteiger partial charge in [0.2, 0.25) is 10.0 Å². The third-order valence-corrected chi connectivity index (χ3v) is 4.57. The highest BCUT2D eigenvalue weighted by Crippen LogP contribution is 2.18. The molecule has 0 saturated carbocycles. The van der Waals surface area contributed by atoms with E-state index >= 15 is 0 Å². The zero-order valence-corrected chi connectivity index (χ0v) is 11.2. The number of nitrogens with two attached hydrogens (primary N) is 1. The van der Waals surface area contributed by atoms with Gasteiger partial charge in [-0.2, -0.15) is 0 Å². The molecule has 1 aliphatic rings. The number of sulfonamides is 1. The normalized spacial score (nSPS) is 19.8. The van der Waals surface area contributed by atoms with Crippen LogP contribution >= 0.6 is 0 Å². The number of halogens is 1. The van der Waals surface area contributed by atoms with Gasteiger partial charge in [-0.3, -0.25) is 0 Å². The Morgan fingerprint density at radius 3 is 2.89 bits per heavy atom. The van der Waals surface area contributed by atoms with Crippen LogP contribution in [-0.4, -0.2) is 27.7 Å². The Hall–Kier alpha value is -1.02. The second-order valence-electron chi connectivity index (χ2n) is 4.44. The van der Waals surface area contributed by atoms with Crippen molar-refractivity contribution in [3.63, 3.8) is 0 Å². The third-order valence-electron chi connectivity index (χ3n) is 3.06. The molecule has 0 aromatic heterocycles. The van der Waals surface area contributed by atoms with Crippen molar-refractivity contribution >= 4 is 10.0 Å². The summed E-state index contributed by atoms with van der Waals surface area (Å²) in [6.45, 7) is 0.889. The zero-order chi connectivity index (χ0) is 13.9. The quantitative estimate of drug-likeness (QED) is 0.837. The van der Waals surface area contributed by atoms with Gasteiger partial charge in [-0.1, -0.05) is 6.07 Å². The number of hydrogen-bond donors (Lipinski definition) is 2. The Balaban J connectivity index is 2.16. The van der Waals surface area contributed by atoms with Gasteiger partial charge in [-0.05, 0) is 30.5 Å². The molecule has 1 atom stereocenters. The number of hydrogen-bond acceptors (Lipinski definition) is 4. The predicted octanol–water partition coefficient (Wildman–Crippen LogP) is 0.742. The van der Waals surface area contributed by atoms with E-state index in [1.807, 2.05) is 0 Å². The maximum atomic E-state index is 13.2. The Kier molecular flexibility index (Phi) is 4.51. The maximum absolute atomic E-state index is 13.2. The second-order valence-corrected chi connectivity index (χ2v) is 6.18. The van der Waals surface area contributed by atoms with E-state index in [0.717, 1.165) is 18.9 Å². The van der Waals surface area contributed by atoms with Crippen molar-refractivity contribution in [1.29, 1.82) is 0 Å². The first kappa shape index (κ1) is 14.4. The minimum atomic E-state index is -3.76. The molecular formula is C12H17FN2O3S. The fraction of sp³-hybridized carbons (Fsp3) is 0.500. The van der Waals surface area contributed by atoms with E-state index in [1.54, 1.807) is 0 Å². The molecule has 2 rings (SSSR count). The highest BCUT2D eigenvalue weighted by Gasteiger charge is 2.22. The van der Waals surface area contributed by atoms with E-state index in [1.165, 1.54) is 12.1 Å². The molecule has 1 saturated heterocycles. The van der Waals surface area contributed by atoms with Gasteiger partial charge >= 0.3 is 0 Å². The summed E-state index contributed by atoms with van der Waals surface area (Å²) in [7, 11) is -3.76. The van der Waals surface area contributed by atoms with Gasteiger partial charge in [0.25, 0.3) is 0 Å². The molecule has 7 heteroatoms. The standard InChI is InChI=1S/C12H17FN2O3S/c13-10-4-3-9(7-14)12(6-10)19(16,17)15-8-11-2-1-5-18-11/h3-4,6,11,15H,1-2,5,7-8,14H2. The topological polar surface area (TPSA) is 81.4 Å². The smallest absolute Gasteiger partial charge is 0.241 e. The van der Waals surface area contributed by atoms with Crippen LogP contribution in [0.15, 0.2) is 23.1 Å². The number of rotatable bonds is 5. The van der Waals surface area contributed by atoms with Crippen LogP contribution in [0.2, 0.25) is 0 Å². The lowest BCUT2D eigenvalue weighted by molar-refractivity contribution is 0.114. The van der Waals surface area contributed by atoms with Crippen LogP contribution in [0, 0.1) is 5.82 Å². The van der Waals surface area contributed by atoms with Crippen molar-refractivity contribution in [2.75, 3.05) is 13.2 Å². The van der Waals surface area contributed by atoms with Crippen molar-refractivity contribution in [3.8, 4) is 0 Å². The average Bonchev–Trinajstić information content (AvgIpc) is 2.89. The first-order chi connectivity index (χ1) is 9.03. The van der Waals surface area contributed by atoms with Crippen LogP contribution in [0.4, 0.5) is 4.39 Å². The summed E-state index contributed by atoms with van der Waals surface area (Å²) < 4.78 is 45.2. The molecule has 19 heavy (non-hydrogen) atoms. The summed E-state index contributed by atoms with van der Waals surface area (Å²) in [5.41, 5.74) is 5.87. The molecule has 0 radical (unpaired) electrons. The van der Waals surface area contributed by atoms with Crippen molar-refractivity contribution in [2.45, 2.75) is 30.4 Å². The van der Waals surface area contributed by atoms with Crippen molar-refractivity contribution in [1.82, 2.24) is 4.72 Å². The average molecular weight is 288 g/mol. The second kappa shape index (κ2) is 5.96. The molecule has 1 unspecified atom stereocenters. The van der Waals surface area contributed by atoms with Crippen LogP contribution in [0.25, 0.3) is 0 Å². The molecule has 1 aliphatic heterocycles. The Bertz CT molecular complexity index is 542. The lowest BCUT2D eigenvalue weighted by Gasteiger charge is -2.13. The zero-order valence-electron chi connectivity index (χ0n) is 10.4. The molecule has 1 aromatic rings. The molecule has 1 aromatic carbocycles. The van der Waals surface area contributed by atoms with E-state index in [4.69, 9.17) is 10.5 Å². The van der Waals surface area contributed by atoms with Crippen molar-refractivity contribution in [3.05, 3.63) is 29.6 Å². The highest BCUT2D eigenvalue weighted by molar-refractivity contribution is 7.89. The number of ether oxygens (including phenoxy) is 1. The van der Waals surface area contributed by atoms with Gasteiger partial charge in [-0.15, -0.1) is 0 Å². The third kappa shape index (κ3) is 3.50. The first-order valence-corrected chi connectivity index (χ1v) is 7.61. The lowest BCUT2D eigenvalue weighted by Crippen LogP contribution is -2.32. The summed E-state index contributed by atoms with van der Waals surface area (Å²) in [5, 5.41) is 0. The van der Waals surface area contributed by atoms with E-state index < -0.39 is 15.8 Å². The summed E-state index contributed by atoms with van der Waals surface area (Å²) in [4.78, 5) is -0.104. The van der Waals surface area contributed by atoms with Crippen LogP contribution < -0.4 is 10.5 Å². The molecule has 0 aliphatic carbocycles. The molecule has 3 N–H and O–H groups in total. The van der Waals surface area contributed by atoms with E-state index in [0.29, 0.717) is 12.2 Å². The van der Waals surface area contributed by atoms with Gasteiger partial charge in [0.05, 0.1) is 11.0 Å². The fourth-order valence-corrected chi connectivity index (χ4v) is 3.36. The number of benzene rings is 1. The van der Waals surface area contributed by atoms with Crippen LogP contribution in [0.3, 0.4) is 0 Å². The van der Waals surface area contributed by atoms with Crippen LogP contribution in [0.1, 0.15) is 18.4 Å². The van der Waals surface area contributed by atoms with E-state index in [2.05, 4.69) is 4.72 Å². The van der Waals surface area contributed by atoms with Gasteiger partial charge < -0.3 is 10.5 Å². The summed E-state index contributed by atoms with van der Waals surface area (Å²) >= 11 is 0. The number of nitrogens with one attached hydrogen (secondary N) is 1. The molecule has 1 heterocycles. The van der Waals surface area contributed by atoms with E-state index in [9.17, 15) is 12.8 Å². The molecule has 106 valence electrons. The van der Waals surface area contributed by atoms with E-state index in [-0.39, 0.29) is 24.1 Å². The summed E-state index contributed by atoms with van der Waals surface area (Å²) in [6.07, 6.45) is 1.65.